The molecule has 1 saturated heterocycles. The number of benzene rings is 2. The molecule has 9 heteroatoms. The highest BCUT2D eigenvalue weighted by Crippen LogP contribution is 2.36. The molecule has 0 aliphatic carbocycles. The smallest absolute Gasteiger partial charge is 0.323 e. The first-order valence-corrected chi connectivity index (χ1v) is 10.8. The predicted molar refractivity (Wildman–Crippen MR) is 123 cm³/mol. The lowest BCUT2D eigenvalue weighted by molar-refractivity contribution is -0.166. The van der Waals surface area contributed by atoms with Crippen molar-refractivity contribution < 1.29 is 24.2 Å². The lowest BCUT2D eigenvalue weighted by atomic mass is 9.76. The maximum absolute atomic E-state index is 12.8. The number of nitrogens with one attached hydrogen (secondary N) is 2. The molecule has 1 aliphatic rings. The Kier molecular flexibility index (Phi) is 7.42. The topological polar surface area (TPSA) is 108 Å². The molecule has 1 fully saturated rings. The minimum absolute atomic E-state index is 0.258. The number of ether oxygens (including phenoxy) is 1. The molecule has 0 aromatic heterocycles. The Morgan fingerprint density at radius 2 is 1.78 bits per heavy atom. The van der Waals surface area contributed by atoms with Crippen LogP contribution in [0.3, 0.4) is 0 Å². The number of carboxylic acids is 1. The predicted octanol–water partition coefficient (Wildman–Crippen LogP) is 2.90. The average Bonchev–Trinajstić information content (AvgIpc) is 2.78. The molecule has 2 aromatic rings. The van der Waals surface area contributed by atoms with Crippen LogP contribution in [-0.2, 0) is 14.4 Å². The van der Waals surface area contributed by atoms with Gasteiger partial charge >= 0.3 is 5.97 Å². The summed E-state index contributed by atoms with van der Waals surface area (Å²) >= 11 is 1.31. The first kappa shape index (κ1) is 23.2. The first-order chi connectivity index (χ1) is 15.3. The highest BCUT2D eigenvalue weighted by Gasteiger charge is 2.59. The van der Waals surface area contributed by atoms with E-state index in [1.165, 1.54) is 16.8 Å². The molecule has 3 rings (SSSR count). The molecule has 8 nitrogen and oxygen atoms in total. The van der Waals surface area contributed by atoms with Crippen LogP contribution in [0.2, 0.25) is 0 Å². The van der Waals surface area contributed by atoms with Crippen LogP contribution in [0.15, 0.2) is 71.6 Å². The van der Waals surface area contributed by atoms with Crippen molar-refractivity contribution in [1.29, 1.82) is 0 Å². The second-order valence-corrected chi connectivity index (χ2v) is 8.20. The second kappa shape index (κ2) is 10.2. The molecular formula is C23H25N3O5S. The summed E-state index contributed by atoms with van der Waals surface area (Å²) in [5.74, 6) is -1.50. The van der Waals surface area contributed by atoms with Crippen molar-refractivity contribution >= 4 is 35.4 Å². The fraction of sp³-hybridized carbons (Fsp3) is 0.261. The van der Waals surface area contributed by atoms with Gasteiger partial charge in [-0.1, -0.05) is 36.4 Å². The van der Waals surface area contributed by atoms with E-state index in [9.17, 15) is 19.5 Å². The highest BCUT2D eigenvalue weighted by molar-refractivity contribution is 8.03. The third kappa shape index (κ3) is 5.42. The normalized spacial score (nSPS) is 20.3. The maximum Gasteiger partial charge on any atom is 0.323 e. The Bertz CT molecular complexity index is 999. The number of β-lactam (4-membered cyclic amide) rings is 1. The van der Waals surface area contributed by atoms with Crippen molar-refractivity contribution in [2.75, 3.05) is 17.9 Å². The van der Waals surface area contributed by atoms with Crippen LogP contribution in [0.4, 0.5) is 5.69 Å². The number of likely N-dealkylation sites (tertiary alicyclic amines) is 1. The number of para-hydroxylation sites is 2. The fourth-order valence-corrected chi connectivity index (χ4v) is 4.31. The van der Waals surface area contributed by atoms with E-state index in [1.807, 2.05) is 41.8 Å². The molecule has 2 atom stereocenters. The zero-order chi connectivity index (χ0) is 23.1. The molecule has 0 spiro atoms. The molecular weight excluding hydrogens is 430 g/mol. The lowest BCUT2D eigenvalue weighted by Crippen LogP contribution is -2.79. The minimum Gasteiger partial charge on any atom is -0.484 e. The quantitative estimate of drug-likeness (QED) is 0.373. The van der Waals surface area contributed by atoms with Crippen LogP contribution < -0.4 is 14.8 Å². The molecule has 0 bridgehead atoms. The van der Waals surface area contributed by atoms with Crippen molar-refractivity contribution in [3.63, 3.8) is 0 Å². The van der Waals surface area contributed by atoms with Crippen molar-refractivity contribution in [1.82, 2.24) is 10.2 Å². The SMILES string of the molecule is CC(=CSNc1ccccc1)C1N(CC(=O)O)C(=O)C1(C)NC(=O)COc1ccccc1. The number of nitrogens with zero attached hydrogens (tertiary/aromatic N) is 1. The Hall–Kier alpha value is -3.46. The molecule has 168 valence electrons. The van der Waals surface area contributed by atoms with E-state index in [0.717, 1.165) is 11.3 Å². The number of anilines is 1. The summed E-state index contributed by atoms with van der Waals surface area (Å²) < 4.78 is 8.62. The van der Waals surface area contributed by atoms with Crippen LogP contribution in [0.25, 0.3) is 0 Å². The van der Waals surface area contributed by atoms with Crippen molar-refractivity contribution in [2.24, 2.45) is 0 Å². The summed E-state index contributed by atoms with van der Waals surface area (Å²) in [6.45, 7) is 2.70. The van der Waals surface area contributed by atoms with E-state index >= 15 is 0 Å². The Balaban J connectivity index is 1.68. The van der Waals surface area contributed by atoms with Crippen LogP contribution >= 0.6 is 11.9 Å². The van der Waals surface area contributed by atoms with Gasteiger partial charge in [-0.25, -0.2) is 0 Å². The molecule has 0 saturated carbocycles. The summed E-state index contributed by atoms with van der Waals surface area (Å²) in [6, 6.07) is 17.8. The average molecular weight is 456 g/mol. The summed E-state index contributed by atoms with van der Waals surface area (Å²) in [5.41, 5.74) is 0.384. The van der Waals surface area contributed by atoms with Gasteiger partial charge < -0.3 is 24.8 Å². The van der Waals surface area contributed by atoms with Crippen LogP contribution in [0, 0.1) is 0 Å². The van der Waals surface area contributed by atoms with Gasteiger partial charge in [-0.15, -0.1) is 0 Å². The highest BCUT2D eigenvalue weighted by atomic mass is 32.2. The van der Waals surface area contributed by atoms with Crippen molar-refractivity contribution in [2.45, 2.75) is 25.4 Å². The number of carboxylic acid groups (broad SMARTS) is 1. The third-order valence-electron chi connectivity index (χ3n) is 5.01. The summed E-state index contributed by atoms with van der Waals surface area (Å²) in [6.07, 6.45) is 0. The monoisotopic (exact) mass is 455 g/mol. The van der Waals surface area contributed by atoms with Gasteiger partial charge in [-0.2, -0.15) is 0 Å². The molecule has 0 radical (unpaired) electrons. The van der Waals surface area contributed by atoms with Crippen LogP contribution in [-0.4, -0.2) is 52.5 Å². The van der Waals surface area contributed by atoms with Gasteiger partial charge in [0.25, 0.3) is 11.8 Å². The third-order valence-corrected chi connectivity index (χ3v) is 5.85. The summed E-state index contributed by atoms with van der Waals surface area (Å²) in [4.78, 5) is 37.8. The zero-order valence-electron chi connectivity index (χ0n) is 17.8. The molecule has 3 N–H and O–H groups in total. The number of carbonyl (C=O) groups excluding carboxylic acids is 2. The molecule has 1 heterocycles. The Morgan fingerprint density at radius 3 is 2.41 bits per heavy atom. The van der Waals surface area contributed by atoms with E-state index in [-0.39, 0.29) is 6.61 Å². The van der Waals surface area contributed by atoms with Gasteiger partial charge in [0.1, 0.15) is 17.8 Å². The molecule has 2 amide bonds. The summed E-state index contributed by atoms with van der Waals surface area (Å²) in [5, 5.41) is 13.8. The maximum atomic E-state index is 12.8. The van der Waals surface area contributed by atoms with Gasteiger partial charge in [-0.05, 0) is 61.0 Å². The van der Waals surface area contributed by atoms with Gasteiger partial charge in [0.2, 0.25) is 0 Å². The van der Waals surface area contributed by atoms with E-state index in [2.05, 4.69) is 10.0 Å². The van der Waals surface area contributed by atoms with Gasteiger partial charge in [-0.3, -0.25) is 14.4 Å². The van der Waals surface area contributed by atoms with E-state index in [0.29, 0.717) is 5.75 Å². The molecule has 2 aromatic carbocycles. The first-order valence-electron chi connectivity index (χ1n) is 9.96. The number of rotatable bonds is 10. The summed E-state index contributed by atoms with van der Waals surface area (Å²) in [7, 11) is 0. The number of hydrogen-bond donors (Lipinski definition) is 3. The Labute approximate surface area is 190 Å². The second-order valence-electron chi connectivity index (χ2n) is 7.53. The minimum atomic E-state index is -1.26. The number of carbonyl (C=O) groups is 3. The molecule has 32 heavy (non-hydrogen) atoms. The number of hydrogen-bond acceptors (Lipinski definition) is 6. The van der Waals surface area contributed by atoms with Gasteiger partial charge in [0, 0.05) is 5.69 Å². The Morgan fingerprint density at radius 1 is 1.16 bits per heavy atom. The molecule has 1 aliphatic heterocycles. The van der Waals surface area contributed by atoms with E-state index < -0.39 is 35.9 Å². The zero-order valence-corrected chi connectivity index (χ0v) is 18.6. The number of amides is 2. The van der Waals surface area contributed by atoms with Crippen LogP contribution in [0.1, 0.15) is 13.8 Å². The largest absolute Gasteiger partial charge is 0.484 e. The van der Waals surface area contributed by atoms with Crippen molar-refractivity contribution in [3.8, 4) is 5.75 Å². The van der Waals surface area contributed by atoms with E-state index in [4.69, 9.17) is 4.74 Å². The fourth-order valence-electron chi connectivity index (χ4n) is 3.66. The van der Waals surface area contributed by atoms with E-state index in [1.54, 1.807) is 38.1 Å². The van der Waals surface area contributed by atoms with Gasteiger partial charge in [0.05, 0.1) is 6.04 Å². The molecule has 2 unspecified atom stereocenters. The number of aliphatic carboxylic acids is 1. The lowest BCUT2D eigenvalue weighted by Gasteiger charge is -2.54. The van der Waals surface area contributed by atoms with Crippen molar-refractivity contribution in [3.05, 3.63) is 71.6 Å². The van der Waals surface area contributed by atoms with Crippen LogP contribution in [0.5, 0.6) is 5.75 Å². The van der Waals surface area contributed by atoms with Gasteiger partial charge in [0.15, 0.2) is 6.61 Å². The standard InChI is InChI=1S/C23H25N3O5S/c1-16(15-32-25-17-9-5-3-6-10-17)21-23(2,22(30)26(21)13-20(28)29)24-19(27)14-31-18-11-7-4-8-12-18/h3-12,15,21,25H,13-14H2,1-2H3,(H,24,27)(H,28,29).